The van der Waals surface area contributed by atoms with E-state index in [2.05, 4.69) is 4.72 Å². The largest absolute Gasteiger partial charge is 0.278 e. The monoisotopic (exact) mass is 326 g/mol. The Morgan fingerprint density at radius 1 is 1.05 bits per heavy atom. The lowest BCUT2D eigenvalue weighted by atomic mass is 10.2. The van der Waals surface area contributed by atoms with Crippen LogP contribution in [0.3, 0.4) is 0 Å². The third-order valence-corrected chi connectivity index (χ3v) is 4.22. The van der Waals surface area contributed by atoms with Gasteiger partial charge < -0.3 is 0 Å². The highest BCUT2D eigenvalue weighted by molar-refractivity contribution is 7.92. The summed E-state index contributed by atoms with van der Waals surface area (Å²) in [6.07, 6.45) is 0. The molecular weight excluding hydrogens is 319 g/mol. The topological polar surface area (TPSA) is 70.0 Å². The molecule has 0 atom stereocenters. The number of nitrogens with one attached hydrogen (secondary N) is 1. The van der Waals surface area contributed by atoms with E-state index in [0.29, 0.717) is 0 Å². The molecule has 0 heterocycles. The fraction of sp³-hybridized carbons (Fsp3) is 0. The molecule has 0 radical (unpaired) electrons. The fourth-order valence-corrected chi connectivity index (χ4v) is 3.36. The van der Waals surface area contributed by atoms with Crippen LogP contribution in [0.25, 0.3) is 0 Å². The summed E-state index contributed by atoms with van der Waals surface area (Å²) in [6, 6.07) is 12.2. The van der Waals surface area contributed by atoms with Crippen LogP contribution >= 0.6 is 23.2 Å². The lowest BCUT2D eigenvalue weighted by Gasteiger charge is -2.10. The summed E-state index contributed by atoms with van der Waals surface area (Å²) in [6.45, 7) is 0. The Morgan fingerprint density at radius 3 is 2.25 bits per heavy atom. The van der Waals surface area contributed by atoms with Gasteiger partial charge in [0, 0.05) is 10.0 Å². The van der Waals surface area contributed by atoms with Gasteiger partial charge in [0.2, 0.25) is 0 Å². The van der Waals surface area contributed by atoms with Crippen LogP contribution in [0.4, 0.5) is 5.69 Å². The molecule has 102 valence electrons. The molecule has 0 aliphatic heterocycles. The van der Waals surface area contributed by atoms with Gasteiger partial charge >= 0.3 is 0 Å². The first kappa shape index (κ1) is 14.7. The summed E-state index contributed by atoms with van der Waals surface area (Å²) < 4.78 is 26.8. The molecule has 0 spiro atoms. The summed E-state index contributed by atoms with van der Waals surface area (Å²) in [5.41, 5.74) is 0.426. The van der Waals surface area contributed by atoms with Gasteiger partial charge in [-0.25, -0.2) is 8.42 Å². The number of rotatable bonds is 3. The molecule has 20 heavy (non-hydrogen) atoms. The van der Waals surface area contributed by atoms with Crippen molar-refractivity contribution < 1.29 is 8.42 Å². The molecule has 7 heteroatoms. The Bertz CT molecular complexity index is 778. The minimum Gasteiger partial charge on any atom is -0.278 e. The van der Waals surface area contributed by atoms with Crippen LogP contribution in [0, 0.1) is 11.3 Å². The second-order valence-corrected chi connectivity index (χ2v) is 6.42. The number of nitrogens with zero attached hydrogens (tertiary/aromatic N) is 1. The van der Waals surface area contributed by atoms with Crippen molar-refractivity contribution in [1.82, 2.24) is 0 Å². The molecular formula is C13H8Cl2N2O2S. The maximum atomic E-state index is 12.2. The van der Waals surface area contributed by atoms with Gasteiger partial charge in [-0.1, -0.05) is 35.3 Å². The molecule has 0 aliphatic rings. The summed E-state index contributed by atoms with van der Waals surface area (Å²) in [4.78, 5) is -0.0669. The van der Waals surface area contributed by atoms with E-state index in [0.717, 1.165) is 0 Å². The van der Waals surface area contributed by atoms with Gasteiger partial charge in [-0.05, 0) is 30.3 Å². The van der Waals surface area contributed by atoms with Gasteiger partial charge in [0.25, 0.3) is 10.0 Å². The summed E-state index contributed by atoms with van der Waals surface area (Å²) >= 11 is 11.6. The Kier molecular flexibility index (Phi) is 4.19. The summed E-state index contributed by atoms with van der Waals surface area (Å²) in [5.74, 6) is 0. The Labute approximate surface area is 126 Å². The number of anilines is 1. The van der Waals surface area contributed by atoms with Crippen LogP contribution in [0.15, 0.2) is 47.4 Å². The number of halogens is 2. The third kappa shape index (κ3) is 3.23. The molecule has 0 saturated carbocycles. The Balaban J connectivity index is 2.44. The zero-order valence-corrected chi connectivity index (χ0v) is 12.3. The zero-order valence-electron chi connectivity index (χ0n) is 9.97. The van der Waals surface area contributed by atoms with E-state index in [1.54, 1.807) is 12.1 Å². The molecule has 0 bridgehead atoms. The molecule has 0 amide bonds. The van der Waals surface area contributed by atoms with E-state index in [4.69, 9.17) is 28.5 Å². The average molecular weight is 327 g/mol. The highest BCUT2D eigenvalue weighted by Crippen LogP contribution is 2.25. The molecule has 0 saturated heterocycles. The lowest BCUT2D eigenvalue weighted by Crippen LogP contribution is -2.13. The molecule has 4 nitrogen and oxygen atoms in total. The second-order valence-electron chi connectivity index (χ2n) is 3.87. The highest BCUT2D eigenvalue weighted by Gasteiger charge is 2.17. The van der Waals surface area contributed by atoms with Crippen molar-refractivity contribution in [2.45, 2.75) is 4.90 Å². The van der Waals surface area contributed by atoms with E-state index in [1.807, 2.05) is 6.07 Å². The van der Waals surface area contributed by atoms with Gasteiger partial charge in [-0.15, -0.1) is 0 Å². The van der Waals surface area contributed by atoms with Crippen molar-refractivity contribution in [3.63, 3.8) is 0 Å². The van der Waals surface area contributed by atoms with Crippen molar-refractivity contribution in [2.24, 2.45) is 0 Å². The third-order valence-electron chi connectivity index (χ3n) is 2.44. The molecule has 0 aromatic heterocycles. The molecule has 2 aromatic carbocycles. The van der Waals surface area contributed by atoms with Crippen molar-refractivity contribution in [3.8, 4) is 6.07 Å². The second kappa shape index (κ2) is 5.71. The number of nitriles is 1. The number of sulfonamides is 1. The number of hydrogen-bond donors (Lipinski definition) is 1. The van der Waals surface area contributed by atoms with Gasteiger partial charge in [0.15, 0.2) is 0 Å². The van der Waals surface area contributed by atoms with Crippen LogP contribution in [-0.4, -0.2) is 8.42 Å². The van der Waals surface area contributed by atoms with Crippen LogP contribution in [0.5, 0.6) is 0 Å². The number of benzene rings is 2. The Hall–Kier alpha value is -1.74. The molecule has 0 unspecified atom stereocenters. The first-order valence-corrected chi connectivity index (χ1v) is 7.64. The molecule has 1 N–H and O–H groups in total. The van der Waals surface area contributed by atoms with Crippen molar-refractivity contribution >= 4 is 38.9 Å². The predicted molar refractivity (Wildman–Crippen MR) is 78.4 cm³/mol. The number of hydrogen-bond acceptors (Lipinski definition) is 3. The minimum absolute atomic E-state index is 0.0669. The maximum absolute atomic E-state index is 12.2. The minimum atomic E-state index is -3.86. The molecule has 2 rings (SSSR count). The lowest BCUT2D eigenvalue weighted by molar-refractivity contribution is 0.601. The van der Waals surface area contributed by atoms with Gasteiger partial charge in [-0.3, -0.25) is 4.72 Å². The maximum Gasteiger partial charge on any atom is 0.262 e. The van der Waals surface area contributed by atoms with Gasteiger partial charge in [0.1, 0.15) is 6.07 Å². The van der Waals surface area contributed by atoms with Crippen LogP contribution < -0.4 is 4.72 Å². The van der Waals surface area contributed by atoms with Crippen molar-refractivity contribution in [2.75, 3.05) is 4.72 Å². The normalized spacial score (nSPS) is 10.8. The van der Waals surface area contributed by atoms with E-state index >= 15 is 0 Å². The fourth-order valence-electron chi connectivity index (χ4n) is 1.56. The predicted octanol–water partition coefficient (Wildman–Crippen LogP) is 3.67. The van der Waals surface area contributed by atoms with Crippen LogP contribution in [0.1, 0.15) is 5.56 Å². The van der Waals surface area contributed by atoms with Crippen molar-refractivity contribution in [3.05, 3.63) is 58.1 Å². The first-order chi connectivity index (χ1) is 9.42. The van der Waals surface area contributed by atoms with Crippen LogP contribution in [-0.2, 0) is 10.0 Å². The molecule has 2 aromatic rings. The SMILES string of the molecule is N#Cc1ccccc1NS(=O)(=O)c1cc(Cl)cc(Cl)c1. The summed E-state index contributed by atoms with van der Waals surface area (Å²) in [7, 11) is -3.86. The van der Waals surface area contributed by atoms with Gasteiger partial charge in [-0.2, -0.15) is 5.26 Å². The first-order valence-electron chi connectivity index (χ1n) is 5.40. The van der Waals surface area contributed by atoms with E-state index in [9.17, 15) is 8.42 Å². The smallest absolute Gasteiger partial charge is 0.262 e. The quantitative estimate of drug-likeness (QED) is 0.935. The van der Waals surface area contributed by atoms with E-state index in [-0.39, 0.29) is 26.2 Å². The van der Waals surface area contributed by atoms with Crippen molar-refractivity contribution in [1.29, 1.82) is 5.26 Å². The summed E-state index contributed by atoms with van der Waals surface area (Å²) in [5, 5.41) is 9.38. The Morgan fingerprint density at radius 2 is 1.65 bits per heavy atom. The number of para-hydroxylation sites is 1. The molecule has 0 fully saturated rings. The molecule has 0 aliphatic carbocycles. The van der Waals surface area contributed by atoms with E-state index in [1.165, 1.54) is 30.3 Å². The zero-order chi connectivity index (χ0) is 14.8. The van der Waals surface area contributed by atoms with Gasteiger partial charge in [0.05, 0.1) is 16.1 Å². The van der Waals surface area contributed by atoms with E-state index < -0.39 is 10.0 Å². The highest BCUT2D eigenvalue weighted by atomic mass is 35.5. The standard InChI is InChI=1S/C13H8Cl2N2O2S/c14-10-5-11(15)7-12(6-10)20(18,19)17-13-4-2-1-3-9(13)8-16/h1-7,17H. The van der Waals surface area contributed by atoms with Crippen LogP contribution in [0.2, 0.25) is 10.0 Å². The average Bonchev–Trinajstić information content (AvgIpc) is 2.38.